The molecule has 0 aromatic carbocycles. The van der Waals surface area contributed by atoms with Crippen molar-refractivity contribution in [2.75, 3.05) is 0 Å². The fraction of sp³-hybridized carbons (Fsp3) is 0.333. The summed E-state index contributed by atoms with van der Waals surface area (Å²) in [6, 6.07) is 0. The molecule has 3 nitrogen and oxygen atoms in total. The molecular formula is C3H12N2OS2Sr. The van der Waals surface area contributed by atoms with E-state index in [4.69, 9.17) is 0 Å². The van der Waals surface area contributed by atoms with Gasteiger partial charge in [-0.05, 0) is 11.8 Å². The molecule has 0 spiro atoms. The Morgan fingerprint density at radius 2 is 2.00 bits per heavy atom. The number of carbonyl (C=O) groups is 1. The fourth-order valence-corrected chi connectivity index (χ4v) is 0.610. The maximum atomic E-state index is 9.91. The SMILES string of the molecule is CC(=O)SC=S.N.N.[H-].[H-].[Sr+2]. The Kier molecular flexibility index (Phi) is 40.5. The minimum absolute atomic E-state index is 0. The van der Waals surface area contributed by atoms with Crippen LogP contribution in [0, 0.1) is 0 Å². The van der Waals surface area contributed by atoms with Crippen molar-refractivity contribution in [3.05, 3.63) is 0 Å². The summed E-state index contributed by atoms with van der Waals surface area (Å²) < 4.78 is 1.35. The van der Waals surface area contributed by atoms with E-state index < -0.39 is 0 Å². The van der Waals surface area contributed by atoms with Crippen molar-refractivity contribution in [3.63, 3.8) is 0 Å². The number of hydrogen-bond donors (Lipinski definition) is 2. The zero-order valence-electron chi connectivity index (χ0n) is 7.42. The molecule has 0 aromatic rings. The predicted octanol–water partition coefficient (Wildman–Crippen LogP) is 1.39. The van der Waals surface area contributed by atoms with Crippen molar-refractivity contribution >= 4 is 79.3 Å². The van der Waals surface area contributed by atoms with Gasteiger partial charge in [0, 0.05) is 11.6 Å². The van der Waals surface area contributed by atoms with Crippen LogP contribution in [0.1, 0.15) is 9.78 Å². The first-order valence-corrected chi connectivity index (χ1v) is 2.73. The van der Waals surface area contributed by atoms with Gasteiger partial charge in [-0.1, -0.05) is 12.2 Å². The molecular weight excluding hydrogens is 232 g/mol. The van der Waals surface area contributed by atoms with Crippen molar-refractivity contribution in [2.24, 2.45) is 0 Å². The van der Waals surface area contributed by atoms with Gasteiger partial charge < -0.3 is 15.2 Å². The van der Waals surface area contributed by atoms with E-state index in [1.165, 1.54) is 11.6 Å². The zero-order valence-corrected chi connectivity index (χ0v) is 10.5. The number of hydrogen-bond acceptors (Lipinski definition) is 5. The summed E-state index contributed by atoms with van der Waals surface area (Å²) in [5, 5.41) is 0.0463. The normalized spacial score (nSPS) is 5.00. The molecule has 9 heavy (non-hydrogen) atoms. The molecule has 0 fully saturated rings. The van der Waals surface area contributed by atoms with Crippen LogP contribution in [0.4, 0.5) is 0 Å². The third-order valence-electron chi connectivity index (χ3n) is 0.214. The minimum Gasteiger partial charge on any atom is -1.00 e. The molecule has 54 valence electrons. The Bertz CT molecular complexity index is 87.7. The molecule has 0 rings (SSSR count). The largest absolute Gasteiger partial charge is 2.00 e. The van der Waals surface area contributed by atoms with Crippen LogP contribution in [-0.2, 0) is 4.79 Å². The van der Waals surface area contributed by atoms with Crippen molar-refractivity contribution in [1.29, 1.82) is 0 Å². The van der Waals surface area contributed by atoms with Crippen LogP contribution in [0.5, 0.6) is 0 Å². The van der Waals surface area contributed by atoms with Crippen LogP contribution in [0.2, 0.25) is 0 Å². The Morgan fingerprint density at radius 1 is 1.67 bits per heavy atom. The molecule has 6 heteroatoms. The molecule has 0 aliphatic rings. The third-order valence-corrected chi connectivity index (χ3v) is 0.931. The Hall–Kier alpha value is 1.51. The first-order valence-electron chi connectivity index (χ1n) is 1.38. The van der Waals surface area contributed by atoms with E-state index in [0.29, 0.717) is 0 Å². The van der Waals surface area contributed by atoms with E-state index >= 15 is 0 Å². The molecule has 0 amide bonds. The first kappa shape index (κ1) is 22.4. The van der Waals surface area contributed by atoms with E-state index in [2.05, 4.69) is 12.2 Å². The molecule has 0 radical (unpaired) electrons. The van der Waals surface area contributed by atoms with Gasteiger partial charge in [-0.25, -0.2) is 0 Å². The van der Waals surface area contributed by atoms with Gasteiger partial charge in [0.15, 0.2) is 5.12 Å². The van der Waals surface area contributed by atoms with E-state index in [1.54, 1.807) is 0 Å². The van der Waals surface area contributed by atoms with Crippen LogP contribution < -0.4 is 12.3 Å². The van der Waals surface area contributed by atoms with Gasteiger partial charge in [-0.15, -0.1) is 0 Å². The molecule has 0 unspecified atom stereocenters. The quantitative estimate of drug-likeness (QED) is 0.537. The Morgan fingerprint density at radius 3 is 2.00 bits per heavy atom. The van der Waals surface area contributed by atoms with Crippen LogP contribution in [-0.4, -0.2) is 55.3 Å². The second kappa shape index (κ2) is 16.3. The maximum Gasteiger partial charge on any atom is 2.00 e. The summed E-state index contributed by atoms with van der Waals surface area (Å²) in [5.74, 6) is 0. The second-order valence-electron chi connectivity index (χ2n) is 0.706. The number of carbonyl (C=O) groups excluding carboxylic acids is 1. The third kappa shape index (κ3) is 26.4. The fourth-order valence-electron chi connectivity index (χ4n) is 0.0678. The second-order valence-corrected chi connectivity index (χ2v) is 2.29. The van der Waals surface area contributed by atoms with Gasteiger partial charge >= 0.3 is 45.5 Å². The van der Waals surface area contributed by atoms with Crippen LogP contribution >= 0.6 is 24.0 Å². The summed E-state index contributed by atoms with van der Waals surface area (Å²) in [6.07, 6.45) is 0. The molecule has 0 saturated heterocycles. The Labute approximate surface area is 105 Å². The first-order chi connectivity index (χ1) is 2.77. The monoisotopic (exact) mass is 244 g/mol. The van der Waals surface area contributed by atoms with Crippen molar-refractivity contribution in [1.82, 2.24) is 12.3 Å². The van der Waals surface area contributed by atoms with Gasteiger partial charge in [0.05, 0.1) is 0 Å². The molecule has 0 aliphatic carbocycles. The van der Waals surface area contributed by atoms with Gasteiger partial charge in [0.2, 0.25) is 0 Å². The van der Waals surface area contributed by atoms with E-state index in [9.17, 15) is 4.79 Å². The summed E-state index contributed by atoms with van der Waals surface area (Å²) in [4.78, 5) is 9.91. The molecule has 6 N–H and O–H groups in total. The van der Waals surface area contributed by atoms with Gasteiger partial charge in [-0.3, -0.25) is 4.79 Å². The molecule has 0 atom stereocenters. The van der Waals surface area contributed by atoms with Crippen molar-refractivity contribution < 1.29 is 7.65 Å². The minimum atomic E-state index is 0. The average molecular weight is 244 g/mol. The van der Waals surface area contributed by atoms with Crippen LogP contribution in [0.3, 0.4) is 0 Å². The van der Waals surface area contributed by atoms with E-state index in [0.717, 1.165) is 11.8 Å². The Balaban J connectivity index is -0.0000000125. The summed E-state index contributed by atoms with van der Waals surface area (Å²) in [6.45, 7) is 1.48. The zero-order chi connectivity index (χ0) is 4.99. The smallest absolute Gasteiger partial charge is 1.00 e. The summed E-state index contributed by atoms with van der Waals surface area (Å²) >= 11 is 5.38. The average Bonchev–Trinajstić information content (AvgIpc) is 1.35. The van der Waals surface area contributed by atoms with Crippen molar-refractivity contribution in [2.45, 2.75) is 6.92 Å². The van der Waals surface area contributed by atoms with Crippen LogP contribution in [0.15, 0.2) is 0 Å². The van der Waals surface area contributed by atoms with Gasteiger partial charge in [0.25, 0.3) is 0 Å². The van der Waals surface area contributed by atoms with Gasteiger partial charge in [0.1, 0.15) is 0 Å². The van der Waals surface area contributed by atoms with E-state index in [-0.39, 0.29) is 65.8 Å². The topological polar surface area (TPSA) is 87.1 Å². The predicted molar refractivity (Wildman–Crippen MR) is 49.9 cm³/mol. The van der Waals surface area contributed by atoms with Gasteiger partial charge in [-0.2, -0.15) is 0 Å². The molecule has 0 bridgehead atoms. The summed E-state index contributed by atoms with van der Waals surface area (Å²) in [5.41, 5.74) is 0. The molecule has 0 heterocycles. The number of rotatable bonds is 1. The molecule has 0 saturated carbocycles. The summed E-state index contributed by atoms with van der Waals surface area (Å²) in [7, 11) is 0. The molecule has 0 aliphatic heterocycles. The van der Waals surface area contributed by atoms with Crippen LogP contribution in [0.25, 0.3) is 0 Å². The van der Waals surface area contributed by atoms with Crippen molar-refractivity contribution in [3.8, 4) is 0 Å². The number of thiocarbonyl (C=S) groups is 1. The maximum absolute atomic E-state index is 9.91. The number of thioether (sulfide) groups is 1. The molecule has 0 aromatic heterocycles. The van der Waals surface area contributed by atoms with E-state index in [1.807, 2.05) is 0 Å². The standard InChI is InChI=1S/C3H4OS2.2H3N.Sr.2H/c1-3(4)6-2-5;;;;;/h2H,1H3;2*1H3;;;/q;;;+2;2*-1.